The Morgan fingerprint density at radius 3 is 3.14 bits per heavy atom. The number of nitrogens with one attached hydrogen (secondary N) is 1. The predicted octanol–water partition coefficient (Wildman–Crippen LogP) is 1.48. The van der Waals surface area contributed by atoms with Gasteiger partial charge in [-0.25, -0.2) is 4.68 Å². The van der Waals surface area contributed by atoms with E-state index in [2.05, 4.69) is 26.7 Å². The van der Waals surface area contributed by atoms with Crippen LogP contribution in [0.4, 0.5) is 0 Å². The van der Waals surface area contributed by atoms with Crippen LogP contribution in [-0.4, -0.2) is 45.8 Å². The number of benzene rings is 1. The zero-order valence-electron chi connectivity index (χ0n) is 12.1. The molecule has 0 saturated carbocycles. The maximum absolute atomic E-state index is 5.71. The molecule has 0 spiro atoms. The van der Waals surface area contributed by atoms with E-state index < -0.39 is 0 Å². The highest BCUT2D eigenvalue weighted by molar-refractivity contribution is 5.92. The molecule has 3 heterocycles. The van der Waals surface area contributed by atoms with E-state index in [0.717, 1.165) is 41.9 Å². The van der Waals surface area contributed by atoms with E-state index in [1.54, 1.807) is 0 Å². The van der Waals surface area contributed by atoms with Gasteiger partial charge in [0.25, 0.3) is 0 Å². The Hall–Kier alpha value is -2.31. The lowest BCUT2D eigenvalue weighted by Crippen LogP contribution is -2.40. The lowest BCUT2D eigenvalue weighted by atomic mass is 10.1. The van der Waals surface area contributed by atoms with Gasteiger partial charge in [-0.2, -0.15) is 0 Å². The molecule has 22 heavy (non-hydrogen) atoms. The van der Waals surface area contributed by atoms with Gasteiger partial charge in [-0.15, -0.1) is 5.10 Å². The molecule has 6 nitrogen and oxygen atoms in total. The first kappa shape index (κ1) is 13.4. The zero-order chi connectivity index (χ0) is 14.8. The number of fused-ring (bicyclic) bond motifs is 1. The van der Waals surface area contributed by atoms with Gasteiger partial charge >= 0.3 is 0 Å². The standard InChI is InChI=1S/C16H17N5O/c1-2-4-15-13(3-1)14(5-6-18-15)16-11-21(20-19-16)10-12-9-17-7-8-22-12/h1-6,11-12,17H,7-10H2/t12-/m0/s1. The highest BCUT2D eigenvalue weighted by atomic mass is 16.5. The molecule has 0 radical (unpaired) electrons. The van der Waals surface area contributed by atoms with Crippen molar-refractivity contribution in [3.05, 3.63) is 42.7 Å². The van der Waals surface area contributed by atoms with Crippen molar-refractivity contribution in [3.8, 4) is 11.3 Å². The third-order valence-electron chi connectivity index (χ3n) is 3.86. The fourth-order valence-corrected chi connectivity index (χ4v) is 2.78. The molecule has 2 aromatic heterocycles. The van der Waals surface area contributed by atoms with Crippen LogP contribution < -0.4 is 5.32 Å². The van der Waals surface area contributed by atoms with Crippen LogP contribution in [0.1, 0.15) is 0 Å². The molecule has 0 unspecified atom stereocenters. The molecule has 1 N–H and O–H groups in total. The normalized spacial score (nSPS) is 18.6. The van der Waals surface area contributed by atoms with Crippen LogP contribution in [0.2, 0.25) is 0 Å². The second-order valence-electron chi connectivity index (χ2n) is 5.40. The van der Waals surface area contributed by atoms with E-state index in [1.807, 2.05) is 41.3 Å². The fourth-order valence-electron chi connectivity index (χ4n) is 2.78. The summed E-state index contributed by atoms with van der Waals surface area (Å²) in [6, 6.07) is 10.0. The molecule has 1 saturated heterocycles. The van der Waals surface area contributed by atoms with Crippen molar-refractivity contribution in [1.29, 1.82) is 0 Å². The summed E-state index contributed by atoms with van der Waals surface area (Å²) < 4.78 is 7.56. The average molecular weight is 295 g/mol. The number of pyridine rings is 1. The van der Waals surface area contributed by atoms with Crippen molar-refractivity contribution in [2.45, 2.75) is 12.6 Å². The molecule has 1 aliphatic heterocycles. The van der Waals surface area contributed by atoms with E-state index in [-0.39, 0.29) is 6.10 Å². The maximum atomic E-state index is 5.71. The second-order valence-corrected chi connectivity index (χ2v) is 5.40. The summed E-state index contributed by atoms with van der Waals surface area (Å²) in [7, 11) is 0. The van der Waals surface area contributed by atoms with Crippen LogP contribution in [0.25, 0.3) is 22.2 Å². The number of aromatic nitrogens is 4. The monoisotopic (exact) mass is 295 g/mol. The van der Waals surface area contributed by atoms with Gasteiger partial charge in [0.2, 0.25) is 0 Å². The number of nitrogens with zero attached hydrogens (tertiary/aromatic N) is 4. The van der Waals surface area contributed by atoms with Crippen LogP contribution in [0, 0.1) is 0 Å². The zero-order valence-corrected chi connectivity index (χ0v) is 12.1. The lowest BCUT2D eigenvalue weighted by molar-refractivity contribution is 0.0158. The fraction of sp³-hybridized carbons (Fsp3) is 0.312. The van der Waals surface area contributed by atoms with Crippen molar-refractivity contribution >= 4 is 10.9 Å². The smallest absolute Gasteiger partial charge is 0.113 e. The third kappa shape index (κ3) is 2.58. The van der Waals surface area contributed by atoms with Gasteiger partial charge in [-0.3, -0.25) is 4.98 Å². The van der Waals surface area contributed by atoms with Crippen LogP contribution in [0.5, 0.6) is 0 Å². The Bertz CT molecular complexity index is 774. The average Bonchev–Trinajstić information content (AvgIpc) is 3.03. The largest absolute Gasteiger partial charge is 0.374 e. The van der Waals surface area contributed by atoms with E-state index >= 15 is 0 Å². The number of para-hydroxylation sites is 1. The van der Waals surface area contributed by atoms with Crippen molar-refractivity contribution < 1.29 is 4.74 Å². The topological polar surface area (TPSA) is 64.9 Å². The van der Waals surface area contributed by atoms with Crippen LogP contribution in [0.3, 0.4) is 0 Å². The summed E-state index contributed by atoms with van der Waals surface area (Å²) in [4.78, 5) is 4.38. The highest BCUT2D eigenvalue weighted by Crippen LogP contribution is 2.25. The molecule has 0 amide bonds. The molecule has 0 aliphatic carbocycles. The quantitative estimate of drug-likeness (QED) is 0.793. The maximum Gasteiger partial charge on any atom is 0.113 e. The summed E-state index contributed by atoms with van der Waals surface area (Å²) >= 11 is 0. The molecule has 3 aromatic rings. The minimum Gasteiger partial charge on any atom is -0.374 e. The van der Waals surface area contributed by atoms with Crippen molar-refractivity contribution in [1.82, 2.24) is 25.3 Å². The number of ether oxygens (including phenoxy) is 1. The number of morpholine rings is 1. The Kier molecular flexibility index (Phi) is 3.54. The highest BCUT2D eigenvalue weighted by Gasteiger charge is 2.15. The van der Waals surface area contributed by atoms with Crippen molar-refractivity contribution in [2.75, 3.05) is 19.7 Å². The molecular weight excluding hydrogens is 278 g/mol. The van der Waals surface area contributed by atoms with Gasteiger partial charge in [0.1, 0.15) is 5.69 Å². The van der Waals surface area contributed by atoms with Crippen LogP contribution in [0.15, 0.2) is 42.7 Å². The van der Waals surface area contributed by atoms with E-state index in [4.69, 9.17) is 4.74 Å². The second kappa shape index (κ2) is 5.82. The Balaban J connectivity index is 1.62. The molecule has 4 rings (SSSR count). The first-order valence-electron chi connectivity index (χ1n) is 7.47. The minimum atomic E-state index is 0.150. The van der Waals surface area contributed by atoms with Gasteiger partial charge in [0.15, 0.2) is 0 Å². The van der Waals surface area contributed by atoms with Gasteiger partial charge in [-0.1, -0.05) is 23.4 Å². The molecule has 6 heteroatoms. The van der Waals surface area contributed by atoms with E-state index in [1.165, 1.54) is 0 Å². The summed E-state index contributed by atoms with van der Waals surface area (Å²) in [5.41, 5.74) is 2.89. The van der Waals surface area contributed by atoms with E-state index in [0.29, 0.717) is 6.54 Å². The SMILES string of the molecule is c1ccc2c(-c3cn(C[C@@H]4CNCCO4)nn3)ccnc2c1. The first-order valence-corrected chi connectivity index (χ1v) is 7.47. The third-order valence-corrected chi connectivity index (χ3v) is 3.86. The first-order chi connectivity index (χ1) is 10.9. The number of hydrogen-bond acceptors (Lipinski definition) is 5. The number of rotatable bonds is 3. The van der Waals surface area contributed by atoms with Crippen molar-refractivity contribution in [2.24, 2.45) is 0 Å². The van der Waals surface area contributed by atoms with Gasteiger partial charge in [0, 0.05) is 30.2 Å². The minimum absolute atomic E-state index is 0.150. The summed E-state index contributed by atoms with van der Waals surface area (Å²) in [6.45, 7) is 3.24. The van der Waals surface area contributed by atoms with Gasteiger partial charge in [0.05, 0.1) is 31.0 Å². The van der Waals surface area contributed by atoms with Crippen molar-refractivity contribution in [3.63, 3.8) is 0 Å². The summed E-state index contributed by atoms with van der Waals surface area (Å²) in [6.07, 6.45) is 3.93. The Morgan fingerprint density at radius 1 is 1.27 bits per heavy atom. The van der Waals surface area contributed by atoms with Crippen LogP contribution >= 0.6 is 0 Å². The number of hydrogen-bond donors (Lipinski definition) is 1. The summed E-state index contributed by atoms with van der Waals surface area (Å²) in [5, 5.41) is 13.0. The molecule has 1 aliphatic rings. The molecule has 0 bridgehead atoms. The molecule has 112 valence electrons. The molecule has 1 atom stereocenters. The molecule has 1 fully saturated rings. The van der Waals surface area contributed by atoms with Gasteiger partial charge in [-0.05, 0) is 12.1 Å². The van der Waals surface area contributed by atoms with Crippen LogP contribution in [-0.2, 0) is 11.3 Å². The Labute approximate surface area is 128 Å². The molecular formula is C16H17N5O. The van der Waals surface area contributed by atoms with E-state index in [9.17, 15) is 0 Å². The predicted molar refractivity (Wildman–Crippen MR) is 83.4 cm³/mol. The lowest BCUT2D eigenvalue weighted by Gasteiger charge is -2.23. The molecule has 1 aromatic carbocycles. The summed E-state index contributed by atoms with van der Waals surface area (Å²) in [5.74, 6) is 0. The van der Waals surface area contributed by atoms with Gasteiger partial charge < -0.3 is 10.1 Å². The Morgan fingerprint density at radius 2 is 2.23 bits per heavy atom.